The van der Waals surface area contributed by atoms with E-state index >= 15 is 0 Å². The molecule has 0 bridgehead atoms. The SMILES string of the molecule is CNCc1cccc(CS(=O)(=O)N(C)CC(C)(C)C)c1. The highest BCUT2D eigenvalue weighted by atomic mass is 32.2. The van der Waals surface area contributed by atoms with Gasteiger partial charge in [-0.15, -0.1) is 0 Å². The summed E-state index contributed by atoms with van der Waals surface area (Å²) in [5.41, 5.74) is 1.88. The molecule has 1 N–H and O–H groups in total. The molecule has 0 aliphatic heterocycles. The van der Waals surface area contributed by atoms with Crippen molar-refractivity contribution in [3.05, 3.63) is 35.4 Å². The average Bonchev–Trinajstić information content (AvgIpc) is 2.26. The van der Waals surface area contributed by atoms with Crippen LogP contribution in [-0.4, -0.2) is 33.4 Å². The van der Waals surface area contributed by atoms with E-state index in [2.05, 4.69) is 5.32 Å². The average molecular weight is 298 g/mol. The molecule has 0 aromatic heterocycles. The fourth-order valence-electron chi connectivity index (χ4n) is 2.12. The van der Waals surface area contributed by atoms with Crippen LogP contribution in [0.5, 0.6) is 0 Å². The number of hydrogen-bond donors (Lipinski definition) is 1. The van der Waals surface area contributed by atoms with Crippen molar-refractivity contribution < 1.29 is 8.42 Å². The van der Waals surface area contributed by atoms with E-state index in [1.807, 2.05) is 52.1 Å². The largest absolute Gasteiger partial charge is 0.316 e. The van der Waals surface area contributed by atoms with Gasteiger partial charge in [-0.2, -0.15) is 0 Å². The van der Waals surface area contributed by atoms with Gasteiger partial charge in [-0.05, 0) is 23.6 Å². The third kappa shape index (κ3) is 5.61. The van der Waals surface area contributed by atoms with E-state index in [-0.39, 0.29) is 11.2 Å². The van der Waals surface area contributed by atoms with Gasteiger partial charge in [0.15, 0.2) is 0 Å². The maximum Gasteiger partial charge on any atom is 0.218 e. The second-order valence-electron chi connectivity index (χ2n) is 6.42. The van der Waals surface area contributed by atoms with Crippen molar-refractivity contribution in [2.45, 2.75) is 33.1 Å². The van der Waals surface area contributed by atoms with Crippen LogP contribution in [0.2, 0.25) is 0 Å². The molecule has 0 amide bonds. The normalized spacial score (nSPS) is 12.9. The maximum atomic E-state index is 12.4. The summed E-state index contributed by atoms with van der Waals surface area (Å²) in [5, 5.41) is 3.07. The number of hydrogen-bond acceptors (Lipinski definition) is 3. The lowest BCUT2D eigenvalue weighted by Crippen LogP contribution is -2.35. The lowest BCUT2D eigenvalue weighted by atomic mass is 9.97. The molecule has 0 spiro atoms. The summed E-state index contributed by atoms with van der Waals surface area (Å²) in [6.45, 7) is 7.36. The minimum absolute atomic E-state index is 0.0458. The Balaban J connectivity index is 2.83. The zero-order valence-corrected chi connectivity index (χ0v) is 13.9. The fourth-order valence-corrected chi connectivity index (χ4v) is 3.53. The quantitative estimate of drug-likeness (QED) is 0.876. The van der Waals surface area contributed by atoms with Crippen LogP contribution in [0.15, 0.2) is 24.3 Å². The van der Waals surface area contributed by atoms with Crippen LogP contribution in [0.3, 0.4) is 0 Å². The van der Waals surface area contributed by atoms with Gasteiger partial charge in [0.1, 0.15) is 0 Å². The molecule has 0 heterocycles. The molecule has 1 aromatic carbocycles. The van der Waals surface area contributed by atoms with E-state index in [9.17, 15) is 8.42 Å². The van der Waals surface area contributed by atoms with Gasteiger partial charge in [0.2, 0.25) is 10.0 Å². The van der Waals surface area contributed by atoms with E-state index in [1.165, 1.54) is 4.31 Å². The Hall–Kier alpha value is -0.910. The maximum absolute atomic E-state index is 12.4. The van der Waals surface area contributed by atoms with Crippen molar-refractivity contribution in [2.75, 3.05) is 20.6 Å². The van der Waals surface area contributed by atoms with Crippen LogP contribution in [0.1, 0.15) is 31.9 Å². The molecule has 0 atom stereocenters. The number of rotatable bonds is 6. The molecule has 4 nitrogen and oxygen atoms in total. The summed E-state index contributed by atoms with van der Waals surface area (Å²) < 4.78 is 26.2. The van der Waals surface area contributed by atoms with Crippen LogP contribution < -0.4 is 5.32 Å². The predicted octanol–water partition coefficient (Wildman–Crippen LogP) is 2.21. The summed E-state index contributed by atoms with van der Waals surface area (Å²) in [6.07, 6.45) is 0. The van der Waals surface area contributed by atoms with E-state index in [0.29, 0.717) is 6.54 Å². The molecule has 114 valence electrons. The first-order valence-electron chi connectivity index (χ1n) is 6.80. The monoisotopic (exact) mass is 298 g/mol. The van der Waals surface area contributed by atoms with Crippen LogP contribution in [-0.2, 0) is 22.3 Å². The van der Waals surface area contributed by atoms with Crippen LogP contribution in [0.25, 0.3) is 0 Å². The van der Waals surface area contributed by atoms with Crippen molar-refractivity contribution in [3.8, 4) is 0 Å². The highest BCUT2D eigenvalue weighted by Crippen LogP contribution is 2.18. The highest BCUT2D eigenvalue weighted by molar-refractivity contribution is 7.88. The lowest BCUT2D eigenvalue weighted by molar-refractivity contribution is 0.310. The number of sulfonamides is 1. The Morgan fingerprint density at radius 3 is 2.35 bits per heavy atom. The molecule has 0 saturated heterocycles. The van der Waals surface area contributed by atoms with Gasteiger partial charge in [0, 0.05) is 20.1 Å². The second kappa shape index (κ2) is 6.70. The summed E-state index contributed by atoms with van der Waals surface area (Å²) >= 11 is 0. The van der Waals surface area contributed by atoms with Crippen LogP contribution in [0, 0.1) is 5.41 Å². The highest BCUT2D eigenvalue weighted by Gasteiger charge is 2.23. The van der Waals surface area contributed by atoms with Crippen LogP contribution in [0.4, 0.5) is 0 Å². The van der Waals surface area contributed by atoms with E-state index in [1.54, 1.807) is 7.05 Å². The van der Waals surface area contributed by atoms with Gasteiger partial charge in [0.05, 0.1) is 5.75 Å². The smallest absolute Gasteiger partial charge is 0.218 e. The van der Waals surface area contributed by atoms with Crippen molar-refractivity contribution in [1.29, 1.82) is 0 Å². The van der Waals surface area contributed by atoms with E-state index in [0.717, 1.165) is 17.7 Å². The molecule has 1 aromatic rings. The minimum Gasteiger partial charge on any atom is -0.316 e. The Morgan fingerprint density at radius 2 is 1.80 bits per heavy atom. The summed E-state index contributed by atoms with van der Waals surface area (Å²) in [7, 11) is 0.261. The summed E-state index contributed by atoms with van der Waals surface area (Å²) in [6, 6.07) is 7.70. The fraction of sp³-hybridized carbons (Fsp3) is 0.600. The van der Waals surface area contributed by atoms with Crippen molar-refractivity contribution in [2.24, 2.45) is 5.41 Å². The van der Waals surface area contributed by atoms with Gasteiger partial charge in [-0.1, -0.05) is 45.0 Å². The molecule has 0 aliphatic rings. The molecule has 20 heavy (non-hydrogen) atoms. The molecule has 0 unspecified atom stereocenters. The molecule has 5 heteroatoms. The molecule has 0 aliphatic carbocycles. The first kappa shape index (κ1) is 17.1. The Bertz CT molecular complexity index is 533. The molecule has 1 rings (SSSR count). The van der Waals surface area contributed by atoms with Gasteiger partial charge < -0.3 is 5.32 Å². The number of nitrogens with one attached hydrogen (secondary N) is 1. The topological polar surface area (TPSA) is 49.4 Å². The van der Waals surface area contributed by atoms with E-state index < -0.39 is 10.0 Å². The summed E-state index contributed by atoms with van der Waals surface area (Å²) in [4.78, 5) is 0. The lowest BCUT2D eigenvalue weighted by Gasteiger charge is -2.26. The first-order valence-corrected chi connectivity index (χ1v) is 8.41. The van der Waals surface area contributed by atoms with Crippen molar-refractivity contribution in [1.82, 2.24) is 9.62 Å². The van der Waals surface area contributed by atoms with Gasteiger partial charge in [-0.3, -0.25) is 0 Å². The van der Waals surface area contributed by atoms with E-state index in [4.69, 9.17) is 0 Å². The Kier molecular flexibility index (Phi) is 5.74. The van der Waals surface area contributed by atoms with Gasteiger partial charge in [-0.25, -0.2) is 12.7 Å². The molecule has 0 fully saturated rings. The van der Waals surface area contributed by atoms with Crippen LogP contribution >= 0.6 is 0 Å². The number of benzene rings is 1. The minimum atomic E-state index is -3.27. The Morgan fingerprint density at radius 1 is 1.20 bits per heavy atom. The molecular formula is C15H26N2O2S. The van der Waals surface area contributed by atoms with Gasteiger partial charge >= 0.3 is 0 Å². The second-order valence-corrected chi connectivity index (χ2v) is 8.50. The summed E-state index contributed by atoms with van der Waals surface area (Å²) in [5.74, 6) is 0.0527. The zero-order chi connectivity index (χ0) is 15.4. The zero-order valence-electron chi connectivity index (χ0n) is 13.1. The molecule has 0 radical (unpaired) electrons. The van der Waals surface area contributed by atoms with Gasteiger partial charge in [0.25, 0.3) is 0 Å². The standard InChI is InChI=1S/C15H26N2O2S/c1-15(2,3)12-17(5)20(18,19)11-14-8-6-7-13(9-14)10-16-4/h6-9,16H,10-12H2,1-5H3. The van der Waals surface area contributed by atoms with Crippen molar-refractivity contribution in [3.63, 3.8) is 0 Å². The third-order valence-electron chi connectivity index (χ3n) is 2.89. The molecular weight excluding hydrogens is 272 g/mol. The predicted molar refractivity (Wildman–Crippen MR) is 83.9 cm³/mol. The van der Waals surface area contributed by atoms with Crippen molar-refractivity contribution >= 4 is 10.0 Å². The Labute approximate surface area is 123 Å². The molecule has 0 saturated carbocycles. The number of nitrogens with zero attached hydrogens (tertiary/aromatic N) is 1. The first-order chi connectivity index (χ1) is 9.14. The third-order valence-corrected chi connectivity index (χ3v) is 4.67.